The molecule has 0 saturated carbocycles. The van der Waals surface area contributed by atoms with Gasteiger partial charge in [0.1, 0.15) is 0 Å². The van der Waals surface area contributed by atoms with Crippen LogP contribution >= 0.6 is 11.6 Å². The molecule has 1 aromatic rings. The Morgan fingerprint density at radius 3 is 2.58 bits per heavy atom. The maximum atomic E-state index is 5.78. The van der Waals surface area contributed by atoms with Gasteiger partial charge < -0.3 is 10.2 Å². The van der Waals surface area contributed by atoms with Crippen LogP contribution in [0.15, 0.2) is 41.9 Å². The van der Waals surface area contributed by atoms with Gasteiger partial charge >= 0.3 is 0 Å². The molecule has 0 aromatic heterocycles. The zero-order chi connectivity index (χ0) is 13.5. The fraction of sp³-hybridized carbons (Fsp3) is 0.500. The molecule has 0 radical (unpaired) electrons. The first kappa shape index (κ1) is 14.6. The van der Waals surface area contributed by atoms with Crippen LogP contribution in [-0.2, 0) is 6.42 Å². The standard InChI is InChI=1S/C16H23ClN2/c1-14(17)13-18-16-8-11-19(12-9-16)10-7-15-5-3-2-4-6-15/h2-6,16,18H,1,7-13H2. The number of hydrogen-bond acceptors (Lipinski definition) is 2. The Labute approximate surface area is 121 Å². The van der Waals surface area contributed by atoms with Crippen molar-refractivity contribution in [2.75, 3.05) is 26.2 Å². The van der Waals surface area contributed by atoms with Crippen molar-refractivity contribution in [3.63, 3.8) is 0 Å². The summed E-state index contributed by atoms with van der Waals surface area (Å²) in [7, 11) is 0. The Morgan fingerprint density at radius 1 is 1.26 bits per heavy atom. The van der Waals surface area contributed by atoms with Crippen molar-refractivity contribution in [3.8, 4) is 0 Å². The zero-order valence-corrected chi connectivity index (χ0v) is 12.2. The predicted octanol–water partition coefficient (Wildman–Crippen LogP) is 3.04. The molecule has 1 saturated heterocycles. The summed E-state index contributed by atoms with van der Waals surface area (Å²) in [4.78, 5) is 2.56. The molecule has 2 rings (SSSR count). The van der Waals surface area contributed by atoms with E-state index >= 15 is 0 Å². The molecule has 104 valence electrons. The van der Waals surface area contributed by atoms with Crippen LogP contribution in [0.25, 0.3) is 0 Å². The van der Waals surface area contributed by atoms with Gasteiger partial charge in [0.25, 0.3) is 0 Å². The van der Waals surface area contributed by atoms with Gasteiger partial charge in [0.15, 0.2) is 0 Å². The summed E-state index contributed by atoms with van der Waals surface area (Å²) in [5, 5.41) is 4.16. The van der Waals surface area contributed by atoms with E-state index < -0.39 is 0 Å². The lowest BCUT2D eigenvalue weighted by Crippen LogP contribution is -2.43. The van der Waals surface area contributed by atoms with E-state index in [-0.39, 0.29) is 0 Å². The molecule has 0 unspecified atom stereocenters. The summed E-state index contributed by atoms with van der Waals surface area (Å²) < 4.78 is 0. The summed E-state index contributed by atoms with van der Waals surface area (Å²) in [6.07, 6.45) is 3.56. The van der Waals surface area contributed by atoms with Gasteiger partial charge in [0, 0.05) is 24.2 Å². The highest BCUT2D eigenvalue weighted by Crippen LogP contribution is 2.12. The fourth-order valence-corrected chi connectivity index (χ4v) is 2.62. The minimum absolute atomic E-state index is 0.600. The van der Waals surface area contributed by atoms with Crippen LogP contribution in [0, 0.1) is 0 Å². The number of nitrogens with one attached hydrogen (secondary N) is 1. The number of nitrogens with zero attached hydrogens (tertiary/aromatic N) is 1. The van der Waals surface area contributed by atoms with Gasteiger partial charge in [-0.1, -0.05) is 48.5 Å². The third-order valence-corrected chi connectivity index (χ3v) is 3.86. The van der Waals surface area contributed by atoms with Gasteiger partial charge in [-0.25, -0.2) is 0 Å². The molecule has 1 fully saturated rings. The van der Waals surface area contributed by atoms with Crippen LogP contribution in [0.5, 0.6) is 0 Å². The highest BCUT2D eigenvalue weighted by molar-refractivity contribution is 6.29. The van der Waals surface area contributed by atoms with Crippen LogP contribution < -0.4 is 5.32 Å². The van der Waals surface area contributed by atoms with Crippen molar-refractivity contribution in [2.24, 2.45) is 0 Å². The van der Waals surface area contributed by atoms with E-state index in [0.29, 0.717) is 11.1 Å². The Kier molecular flexibility index (Phi) is 5.90. The van der Waals surface area contributed by atoms with Gasteiger partial charge in [-0.2, -0.15) is 0 Å². The SMILES string of the molecule is C=C(Cl)CNC1CCN(CCc2ccccc2)CC1. The maximum absolute atomic E-state index is 5.78. The predicted molar refractivity (Wildman–Crippen MR) is 82.6 cm³/mol. The normalized spacial score (nSPS) is 17.5. The smallest absolute Gasteiger partial charge is 0.0310 e. The highest BCUT2D eigenvalue weighted by atomic mass is 35.5. The molecule has 1 aliphatic rings. The lowest BCUT2D eigenvalue weighted by Gasteiger charge is -2.32. The second kappa shape index (κ2) is 7.68. The van der Waals surface area contributed by atoms with Crippen molar-refractivity contribution >= 4 is 11.6 Å². The lowest BCUT2D eigenvalue weighted by molar-refractivity contribution is 0.202. The van der Waals surface area contributed by atoms with Gasteiger partial charge in [-0.3, -0.25) is 0 Å². The lowest BCUT2D eigenvalue weighted by atomic mass is 10.0. The molecular weight excluding hydrogens is 256 g/mol. The van der Waals surface area contributed by atoms with Crippen LogP contribution in [0.2, 0.25) is 0 Å². The Morgan fingerprint density at radius 2 is 1.95 bits per heavy atom. The third-order valence-electron chi connectivity index (χ3n) is 3.73. The van der Waals surface area contributed by atoms with Crippen molar-refractivity contribution in [3.05, 3.63) is 47.5 Å². The van der Waals surface area contributed by atoms with E-state index in [0.717, 1.165) is 13.0 Å². The van der Waals surface area contributed by atoms with Crippen LogP contribution in [0.4, 0.5) is 0 Å². The largest absolute Gasteiger partial charge is 0.309 e. The van der Waals surface area contributed by atoms with Crippen molar-refractivity contribution < 1.29 is 0 Å². The summed E-state index contributed by atoms with van der Waals surface area (Å²) in [6, 6.07) is 11.3. The van der Waals surface area contributed by atoms with Gasteiger partial charge in [0.05, 0.1) is 0 Å². The molecule has 3 heteroatoms. The highest BCUT2D eigenvalue weighted by Gasteiger charge is 2.18. The fourth-order valence-electron chi connectivity index (χ4n) is 2.55. The quantitative estimate of drug-likeness (QED) is 0.860. The van der Waals surface area contributed by atoms with E-state index in [1.807, 2.05) is 0 Å². The molecule has 19 heavy (non-hydrogen) atoms. The molecule has 0 amide bonds. The molecular formula is C16H23ClN2. The van der Waals surface area contributed by atoms with Gasteiger partial charge in [-0.15, -0.1) is 0 Å². The maximum Gasteiger partial charge on any atom is 0.0310 e. The summed E-state index contributed by atoms with van der Waals surface area (Å²) in [5.74, 6) is 0. The van der Waals surface area contributed by atoms with Crippen molar-refractivity contribution in [1.29, 1.82) is 0 Å². The summed E-state index contributed by atoms with van der Waals surface area (Å²) in [6.45, 7) is 7.97. The average Bonchev–Trinajstić information content (AvgIpc) is 2.45. The third kappa shape index (κ3) is 5.35. The van der Waals surface area contributed by atoms with Crippen LogP contribution in [-0.4, -0.2) is 37.1 Å². The molecule has 1 heterocycles. The summed E-state index contributed by atoms with van der Waals surface area (Å²) >= 11 is 5.78. The number of benzene rings is 1. The molecule has 1 N–H and O–H groups in total. The number of likely N-dealkylation sites (tertiary alicyclic amines) is 1. The topological polar surface area (TPSA) is 15.3 Å². The zero-order valence-electron chi connectivity index (χ0n) is 11.4. The van der Waals surface area contributed by atoms with Crippen molar-refractivity contribution in [1.82, 2.24) is 10.2 Å². The Hall–Kier alpha value is -0.830. The number of hydrogen-bond donors (Lipinski definition) is 1. The first-order valence-corrected chi connectivity index (χ1v) is 7.45. The summed E-state index contributed by atoms with van der Waals surface area (Å²) in [5.41, 5.74) is 1.43. The molecule has 1 aliphatic heterocycles. The molecule has 0 aliphatic carbocycles. The number of piperidine rings is 1. The molecule has 0 atom stereocenters. The van der Waals surface area contributed by atoms with E-state index in [1.54, 1.807) is 0 Å². The Bertz CT molecular complexity index is 383. The second-order valence-electron chi connectivity index (χ2n) is 5.25. The van der Waals surface area contributed by atoms with Crippen LogP contribution in [0.3, 0.4) is 0 Å². The van der Waals surface area contributed by atoms with Gasteiger partial charge in [-0.05, 0) is 37.9 Å². The first-order chi connectivity index (χ1) is 9.24. The minimum atomic E-state index is 0.600. The van der Waals surface area contributed by atoms with E-state index in [9.17, 15) is 0 Å². The van der Waals surface area contributed by atoms with E-state index in [4.69, 9.17) is 11.6 Å². The van der Waals surface area contributed by atoms with Gasteiger partial charge in [0.2, 0.25) is 0 Å². The molecule has 2 nitrogen and oxygen atoms in total. The minimum Gasteiger partial charge on any atom is -0.309 e. The monoisotopic (exact) mass is 278 g/mol. The average molecular weight is 279 g/mol. The van der Waals surface area contributed by atoms with E-state index in [1.165, 1.54) is 38.0 Å². The Balaban J connectivity index is 1.65. The number of halogens is 1. The van der Waals surface area contributed by atoms with Crippen molar-refractivity contribution in [2.45, 2.75) is 25.3 Å². The molecule has 1 aromatic carbocycles. The van der Waals surface area contributed by atoms with E-state index in [2.05, 4.69) is 47.1 Å². The molecule has 0 bridgehead atoms. The molecule has 0 spiro atoms. The number of rotatable bonds is 6. The second-order valence-corrected chi connectivity index (χ2v) is 5.78. The van der Waals surface area contributed by atoms with Crippen LogP contribution in [0.1, 0.15) is 18.4 Å². The first-order valence-electron chi connectivity index (χ1n) is 7.07.